The fraction of sp³-hybridized carbons (Fsp3) is 0.333. The number of nitrogens with zero attached hydrogens (tertiary/aromatic N) is 4. The summed E-state index contributed by atoms with van der Waals surface area (Å²) < 4.78 is 1.98. The Balaban J connectivity index is 1.53. The summed E-state index contributed by atoms with van der Waals surface area (Å²) in [5.74, 6) is 0.178. The second-order valence-electron chi connectivity index (χ2n) is 7.41. The van der Waals surface area contributed by atoms with Crippen LogP contribution in [0.15, 0.2) is 41.3 Å². The highest BCUT2D eigenvalue weighted by atomic mass is 16.2. The number of carbonyl (C=O) groups excluding carboxylic acids is 1. The molecule has 0 saturated carbocycles. The third kappa shape index (κ3) is 3.35. The molecule has 0 bridgehead atoms. The Morgan fingerprint density at radius 1 is 1.18 bits per heavy atom. The van der Waals surface area contributed by atoms with Gasteiger partial charge >= 0.3 is 0 Å². The summed E-state index contributed by atoms with van der Waals surface area (Å²) in [5.41, 5.74) is 3.65. The van der Waals surface area contributed by atoms with Gasteiger partial charge in [-0.1, -0.05) is 29.8 Å². The van der Waals surface area contributed by atoms with Crippen molar-refractivity contribution in [2.24, 2.45) is 0 Å². The quantitative estimate of drug-likeness (QED) is 0.761. The zero-order valence-electron chi connectivity index (χ0n) is 16.3. The lowest BCUT2D eigenvalue weighted by Crippen LogP contribution is -2.34. The summed E-state index contributed by atoms with van der Waals surface area (Å²) in [4.78, 5) is 34.1. The molecule has 1 saturated heterocycles. The maximum atomic E-state index is 12.9. The molecule has 1 N–H and O–H groups in total. The number of carbonyl (C=O) groups is 1. The van der Waals surface area contributed by atoms with E-state index in [0.717, 1.165) is 28.9 Å². The van der Waals surface area contributed by atoms with Crippen molar-refractivity contribution in [1.82, 2.24) is 24.6 Å². The minimum absolute atomic E-state index is 0.0740. The number of aromatic nitrogens is 4. The maximum Gasteiger partial charge on any atom is 0.264 e. The molecule has 7 heteroatoms. The monoisotopic (exact) mass is 377 g/mol. The van der Waals surface area contributed by atoms with Crippen molar-refractivity contribution < 1.29 is 4.79 Å². The van der Waals surface area contributed by atoms with E-state index in [9.17, 15) is 9.59 Å². The maximum absolute atomic E-state index is 12.9. The minimum atomic E-state index is -0.412. The Labute approximate surface area is 163 Å². The third-order valence-corrected chi connectivity index (χ3v) is 5.20. The number of benzene rings is 1. The number of nitrogens with one attached hydrogen (secondary N) is 1. The molecule has 3 heterocycles. The van der Waals surface area contributed by atoms with Crippen molar-refractivity contribution in [2.45, 2.75) is 33.2 Å². The molecule has 1 aromatic carbocycles. The number of H-pyrrole nitrogens is 1. The number of likely N-dealkylation sites (tertiary alicyclic amines) is 1. The standard InChI is InChI=1S/C21H23N5O2/c1-13-4-6-16(7-5-13)19-22-11-18(20(27)23-19)21(28)25-9-8-17(12-25)26-15(3)10-14(2)24-26/h4-7,10-11,17H,8-9,12H2,1-3H3,(H,22,23,27)/t17-/m1/s1. The van der Waals surface area contributed by atoms with E-state index < -0.39 is 5.56 Å². The first-order chi connectivity index (χ1) is 13.4. The van der Waals surface area contributed by atoms with E-state index in [2.05, 4.69) is 15.1 Å². The van der Waals surface area contributed by atoms with E-state index in [1.807, 2.05) is 55.8 Å². The molecule has 3 aromatic rings. The second kappa shape index (κ2) is 7.07. The van der Waals surface area contributed by atoms with Crippen molar-refractivity contribution >= 4 is 5.91 Å². The molecule has 1 aliphatic rings. The molecular weight excluding hydrogens is 354 g/mol. The first-order valence-electron chi connectivity index (χ1n) is 9.41. The fourth-order valence-electron chi connectivity index (χ4n) is 3.72. The van der Waals surface area contributed by atoms with Crippen LogP contribution in [0, 0.1) is 20.8 Å². The van der Waals surface area contributed by atoms with E-state index in [0.29, 0.717) is 18.9 Å². The van der Waals surface area contributed by atoms with Crippen molar-refractivity contribution in [3.63, 3.8) is 0 Å². The van der Waals surface area contributed by atoms with E-state index in [1.54, 1.807) is 4.90 Å². The van der Waals surface area contributed by atoms with Gasteiger partial charge in [-0.3, -0.25) is 14.3 Å². The van der Waals surface area contributed by atoms with Crippen LogP contribution in [0.2, 0.25) is 0 Å². The molecule has 4 rings (SSSR count). The summed E-state index contributed by atoms with van der Waals surface area (Å²) in [7, 11) is 0. The molecule has 1 atom stereocenters. The van der Waals surface area contributed by atoms with Gasteiger partial charge in [-0.15, -0.1) is 0 Å². The van der Waals surface area contributed by atoms with Crippen LogP contribution in [-0.2, 0) is 0 Å². The lowest BCUT2D eigenvalue weighted by atomic mass is 10.1. The van der Waals surface area contributed by atoms with Gasteiger partial charge in [-0.05, 0) is 33.3 Å². The molecule has 0 aliphatic carbocycles. The van der Waals surface area contributed by atoms with Crippen LogP contribution in [-0.4, -0.2) is 43.6 Å². The van der Waals surface area contributed by atoms with Crippen LogP contribution in [0.3, 0.4) is 0 Å². The molecule has 1 amide bonds. The highest BCUT2D eigenvalue weighted by Crippen LogP contribution is 2.24. The smallest absolute Gasteiger partial charge is 0.264 e. The molecule has 28 heavy (non-hydrogen) atoms. The Hall–Kier alpha value is -3.22. The highest BCUT2D eigenvalue weighted by molar-refractivity contribution is 5.93. The number of aromatic amines is 1. The zero-order valence-corrected chi connectivity index (χ0v) is 16.3. The van der Waals surface area contributed by atoms with Crippen LogP contribution in [0.1, 0.15) is 39.8 Å². The number of rotatable bonds is 3. The Morgan fingerprint density at radius 3 is 2.57 bits per heavy atom. The van der Waals surface area contributed by atoms with Crippen LogP contribution < -0.4 is 5.56 Å². The van der Waals surface area contributed by atoms with Crippen molar-refractivity contribution in [3.05, 3.63) is 69.4 Å². The average molecular weight is 377 g/mol. The lowest BCUT2D eigenvalue weighted by Gasteiger charge is -2.17. The molecule has 144 valence electrons. The lowest BCUT2D eigenvalue weighted by molar-refractivity contribution is 0.0784. The van der Waals surface area contributed by atoms with E-state index in [1.165, 1.54) is 6.20 Å². The van der Waals surface area contributed by atoms with Crippen LogP contribution in [0.4, 0.5) is 0 Å². The summed E-state index contributed by atoms with van der Waals surface area (Å²) in [6.45, 7) is 7.11. The number of hydrogen-bond donors (Lipinski definition) is 1. The normalized spacial score (nSPS) is 16.5. The molecule has 2 aromatic heterocycles. The van der Waals surface area contributed by atoms with Crippen LogP contribution in [0.25, 0.3) is 11.4 Å². The van der Waals surface area contributed by atoms with Crippen molar-refractivity contribution in [3.8, 4) is 11.4 Å². The van der Waals surface area contributed by atoms with Crippen LogP contribution >= 0.6 is 0 Å². The van der Waals surface area contributed by atoms with Gasteiger partial charge in [0.15, 0.2) is 0 Å². The van der Waals surface area contributed by atoms with Gasteiger partial charge < -0.3 is 9.88 Å². The summed E-state index contributed by atoms with van der Waals surface area (Å²) in [6, 6.07) is 9.87. The zero-order chi connectivity index (χ0) is 19.8. The minimum Gasteiger partial charge on any atom is -0.336 e. The molecular formula is C21H23N5O2. The number of amides is 1. The predicted octanol–water partition coefficient (Wildman–Crippen LogP) is 2.65. The van der Waals surface area contributed by atoms with Gasteiger partial charge in [0.2, 0.25) is 0 Å². The van der Waals surface area contributed by atoms with Crippen molar-refractivity contribution in [1.29, 1.82) is 0 Å². The molecule has 0 spiro atoms. The Morgan fingerprint density at radius 2 is 1.93 bits per heavy atom. The SMILES string of the molecule is Cc1ccc(-c2ncc(C(=O)N3CC[C@@H](n4nc(C)cc4C)C3)c(=O)[nH]2)cc1. The molecule has 0 radical (unpaired) electrons. The van der Waals surface area contributed by atoms with Crippen LogP contribution in [0.5, 0.6) is 0 Å². The van der Waals surface area contributed by atoms with E-state index in [-0.39, 0.29) is 17.5 Å². The van der Waals surface area contributed by atoms with Crippen molar-refractivity contribution in [2.75, 3.05) is 13.1 Å². The Bertz CT molecular complexity index is 1080. The number of hydrogen-bond acceptors (Lipinski definition) is 4. The van der Waals surface area contributed by atoms with Gasteiger partial charge in [0.25, 0.3) is 11.5 Å². The van der Waals surface area contributed by atoms with Gasteiger partial charge in [-0.2, -0.15) is 5.10 Å². The summed E-state index contributed by atoms with van der Waals surface area (Å²) >= 11 is 0. The largest absolute Gasteiger partial charge is 0.336 e. The highest BCUT2D eigenvalue weighted by Gasteiger charge is 2.30. The summed E-state index contributed by atoms with van der Waals surface area (Å²) in [5, 5.41) is 4.53. The summed E-state index contributed by atoms with van der Waals surface area (Å²) in [6.07, 6.45) is 2.20. The third-order valence-electron chi connectivity index (χ3n) is 5.20. The molecule has 1 aliphatic heterocycles. The second-order valence-corrected chi connectivity index (χ2v) is 7.41. The van der Waals surface area contributed by atoms with E-state index >= 15 is 0 Å². The van der Waals surface area contributed by atoms with E-state index in [4.69, 9.17) is 0 Å². The van der Waals surface area contributed by atoms with Gasteiger partial charge in [-0.25, -0.2) is 4.98 Å². The first-order valence-corrected chi connectivity index (χ1v) is 9.41. The Kier molecular flexibility index (Phi) is 4.58. The van der Waals surface area contributed by atoms with Gasteiger partial charge in [0.1, 0.15) is 11.4 Å². The molecule has 1 fully saturated rings. The van der Waals surface area contributed by atoms with Gasteiger partial charge in [0, 0.05) is 30.5 Å². The number of aryl methyl sites for hydroxylation is 3. The first kappa shape index (κ1) is 18.2. The topological polar surface area (TPSA) is 83.9 Å². The predicted molar refractivity (Wildman–Crippen MR) is 106 cm³/mol. The van der Waals surface area contributed by atoms with Gasteiger partial charge in [0.05, 0.1) is 11.7 Å². The molecule has 7 nitrogen and oxygen atoms in total. The average Bonchev–Trinajstić information content (AvgIpc) is 3.28. The fourth-order valence-corrected chi connectivity index (χ4v) is 3.72. The molecule has 0 unspecified atom stereocenters.